The summed E-state index contributed by atoms with van der Waals surface area (Å²) in [7, 11) is 0. The van der Waals surface area contributed by atoms with Crippen molar-refractivity contribution in [1.82, 2.24) is 16.0 Å². The molecule has 0 aliphatic carbocycles. The predicted molar refractivity (Wildman–Crippen MR) is 92.7 cm³/mol. The van der Waals surface area contributed by atoms with Gasteiger partial charge in [-0.3, -0.25) is 24.0 Å². The van der Waals surface area contributed by atoms with Crippen LogP contribution in [0, 0.1) is 0 Å². The molecule has 0 saturated heterocycles. The average Bonchev–Trinajstić information content (AvgIpc) is 2.55. The number of carboxylic acids is 2. The number of hydrogen-bond acceptors (Lipinski definition) is 8. The van der Waals surface area contributed by atoms with E-state index >= 15 is 0 Å². The molecule has 9 N–H and O–H groups in total. The Hall–Kier alpha value is -2.77. The second kappa shape index (κ2) is 11.2. The van der Waals surface area contributed by atoms with E-state index in [9.17, 15) is 34.2 Å². The van der Waals surface area contributed by atoms with Gasteiger partial charge in [0.05, 0.1) is 24.7 Å². The summed E-state index contributed by atoms with van der Waals surface area (Å²) in [5.41, 5.74) is 5.38. The lowest BCUT2D eigenvalue weighted by Crippen LogP contribution is -2.61. The number of hydrogen-bond donors (Lipinski definition) is 8. The summed E-state index contributed by atoms with van der Waals surface area (Å²) in [5.74, 6) is -5.79. The molecule has 0 aliphatic rings. The van der Waals surface area contributed by atoms with E-state index in [2.05, 4.69) is 16.0 Å². The second-order valence-corrected chi connectivity index (χ2v) is 6.23. The zero-order chi connectivity index (χ0) is 22.2. The summed E-state index contributed by atoms with van der Waals surface area (Å²) in [6.45, 7) is 3.48. The van der Waals surface area contributed by atoms with Gasteiger partial charge in [0.15, 0.2) is 0 Å². The highest BCUT2D eigenvalue weighted by molar-refractivity contribution is 5.95. The van der Waals surface area contributed by atoms with Crippen LogP contribution < -0.4 is 21.7 Å². The third-order valence-corrected chi connectivity index (χ3v) is 3.59. The Morgan fingerprint density at radius 3 is 1.54 bits per heavy atom. The molecule has 13 nitrogen and oxygen atoms in total. The maximum absolute atomic E-state index is 12.4. The molecule has 3 amide bonds. The Morgan fingerprint density at radius 1 is 0.786 bits per heavy atom. The summed E-state index contributed by atoms with van der Waals surface area (Å²) in [6.07, 6.45) is -3.62. The zero-order valence-corrected chi connectivity index (χ0v) is 15.6. The van der Waals surface area contributed by atoms with Gasteiger partial charge in [-0.05, 0) is 20.8 Å². The molecule has 0 saturated carbocycles. The molecule has 6 atom stereocenters. The van der Waals surface area contributed by atoms with Crippen molar-refractivity contribution >= 4 is 29.7 Å². The standard InChI is InChI=1S/C15H26N4O9/c1-5(15(27)28)17-13(25)10(6(2)20)19-14(26)11(7(3)21)18-12(24)8(16)4-9(22)23/h5-8,10-11,20-21H,4,16H2,1-3H3,(H,17,25)(H,18,24)(H,19,26)(H,22,23)(H,27,28). The highest BCUT2D eigenvalue weighted by Gasteiger charge is 2.33. The highest BCUT2D eigenvalue weighted by Crippen LogP contribution is 2.01. The molecule has 0 aromatic carbocycles. The molecule has 0 fully saturated rings. The summed E-state index contributed by atoms with van der Waals surface area (Å²) in [6, 6.07) is -5.98. The second-order valence-electron chi connectivity index (χ2n) is 6.23. The molecule has 0 radical (unpaired) electrons. The normalized spacial score (nSPS) is 17.2. The SMILES string of the molecule is CC(NC(=O)C(NC(=O)C(NC(=O)C(N)CC(=O)O)C(C)O)C(C)O)C(=O)O. The predicted octanol–water partition coefficient (Wildman–Crippen LogP) is -3.89. The van der Waals surface area contributed by atoms with Gasteiger partial charge in [-0.2, -0.15) is 0 Å². The summed E-state index contributed by atoms with van der Waals surface area (Å²) in [4.78, 5) is 57.7. The fourth-order valence-corrected chi connectivity index (χ4v) is 1.96. The Kier molecular flexibility index (Phi) is 10.1. The van der Waals surface area contributed by atoms with Crippen LogP contribution in [-0.2, 0) is 24.0 Å². The molecule has 0 aromatic rings. The van der Waals surface area contributed by atoms with Gasteiger partial charge in [0.1, 0.15) is 18.1 Å². The van der Waals surface area contributed by atoms with Crippen LogP contribution in [0.5, 0.6) is 0 Å². The molecule has 13 heteroatoms. The fraction of sp³-hybridized carbons (Fsp3) is 0.667. The smallest absolute Gasteiger partial charge is 0.325 e. The van der Waals surface area contributed by atoms with Gasteiger partial charge in [0.2, 0.25) is 17.7 Å². The first-order chi connectivity index (χ1) is 12.8. The Balaban J connectivity index is 5.22. The third kappa shape index (κ3) is 8.28. The number of carbonyl (C=O) groups excluding carboxylic acids is 3. The summed E-state index contributed by atoms with van der Waals surface area (Å²) < 4.78 is 0. The molecule has 0 rings (SSSR count). The Bertz CT molecular complexity index is 608. The summed E-state index contributed by atoms with van der Waals surface area (Å²) in [5, 5.41) is 43.1. The van der Waals surface area contributed by atoms with E-state index < -0.39 is 72.5 Å². The van der Waals surface area contributed by atoms with E-state index in [4.69, 9.17) is 15.9 Å². The lowest BCUT2D eigenvalue weighted by atomic mass is 10.1. The number of aliphatic hydroxyl groups excluding tert-OH is 2. The average molecular weight is 406 g/mol. The number of nitrogens with one attached hydrogen (secondary N) is 3. The minimum absolute atomic E-state index is 0.717. The quantitative estimate of drug-likeness (QED) is 0.166. The van der Waals surface area contributed by atoms with Crippen LogP contribution in [0.25, 0.3) is 0 Å². The number of rotatable bonds is 11. The molecule has 0 spiro atoms. The fourth-order valence-electron chi connectivity index (χ4n) is 1.96. The van der Waals surface area contributed by atoms with E-state index in [1.807, 2.05) is 0 Å². The number of carbonyl (C=O) groups is 5. The minimum Gasteiger partial charge on any atom is -0.481 e. The third-order valence-electron chi connectivity index (χ3n) is 3.59. The van der Waals surface area contributed by atoms with E-state index in [1.165, 1.54) is 6.92 Å². The Morgan fingerprint density at radius 2 is 1.18 bits per heavy atom. The number of aliphatic carboxylic acids is 2. The molecule has 28 heavy (non-hydrogen) atoms. The van der Waals surface area contributed by atoms with Crippen LogP contribution in [0.15, 0.2) is 0 Å². The molecule has 0 aliphatic heterocycles. The van der Waals surface area contributed by atoms with Crippen molar-refractivity contribution in [1.29, 1.82) is 0 Å². The van der Waals surface area contributed by atoms with Gasteiger partial charge in [-0.25, -0.2) is 0 Å². The van der Waals surface area contributed by atoms with Crippen LogP contribution in [0.3, 0.4) is 0 Å². The minimum atomic E-state index is -1.61. The monoisotopic (exact) mass is 406 g/mol. The van der Waals surface area contributed by atoms with Crippen LogP contribution in [0.1, 0.15) is 27.2 Å². The lowest BCUT2D eigenvalue weighted by Gasteiger charge is -2.27. The Labute approximate surface area is 160 Å². The molecule has 6 unspecified atom stereocenters. The van der Waals surface area contributed by atoms with E-state index in [-0.39, 0.29) is 0 Å². The number of aliphatic hydroxyl groups is 2. The van der Waals surface area contributed by atoms with Crippen molar-refractivity contribution < 1.29 is 44.4 Å². The first-order valence-electron chi connectivity index (χ1n) is 8.25. The van der Waals surface area contributed by atoms with Crippen LogP contribution in [0.2, 0.25) is 0 Å². The van der Waals surface area contributed by atoms with E-state index in [0.29, 0.717) is 0 Å². The van der Waals surface area contributed by atoms with E-state index in [0.717, 1.165) is 13.8 Å². The molecular formula is C15H26N4O9. The molecule has 0 aromatic heterocycles. The van der Waals surface area contributed by atoms with Gasteiger partial charge >= 0.3 is 11.9 Å². The van der Waals surface area contributed by atoms with Gasteiger partial charge in [0.25, 0.3) is 0 Å². The molecule has 160 valence electrons. The van der Waals surface area contributed by atoms with Crippen LogP contribution >= 0.6 is 0 Å². The number of amides is 3. The topological polar surface area (TPSA) is 228 Å². The maximum Gasteiger partial charge on any atom is 0.325 e. The lowest BCUT2D eigenvalue weighted by molar-refractivity contribution is -0.142. The largest absolute Gasteiger partial charge is 0.481 e. The summed E-state index contributed by atoms with van der Waals surface area (Å²) >= 11 is 0. The number of nitrogens with two attached hydrogens (primary N) is 1. The van der Waals surface area contributed by atoms with Gasteiger partial charge in [-0.1, -0.05) is 0 Å². The van der Waals surface area contributed by atoms with Crippen molar-refractivity contribution in [2.75, 3.05) is 0 Å². The van der Waals surface area contributed by atoms with Gasteiger partial charge in [-0.15, -0.1) is 0 Å². The van der Waals surface area contributed by atoms with Crippen molar-refractivity contribution in [2.45, 2.75) is 63.6 Å². The molecule has 0 bridgehead atoms. The van der Waals surface area contributed by atoms with Crippen molar-refractivity contribution in [3.63, 3.8) is 0 Å². The van der Waals surface area contributed by atoms with Crippen LogP contribution in [-0.4, -0.2) is 86.5 Å². The van der Waals surface area contributed by atoms with Gasteiger partial charge in [0, 0.05) is 0 Å². The van der Waals surface area contributed by atoms with Crippen LogP contribution in [0.4, 0.5) is 0 Å². The van der Waals surface area contributed by atoms with Crippen molar-refractivity contribution in [3.05, 3.63) is 0 Å². The van der Waals surface area contributed by atoms with Gasteiger partial charge < -0.3 is 42.1 Å². The zero-order valence-electron chi connectivity index (χ0n) is 15.6. The first-order valence-corrected chi connectivity index (χ1v) is 8.25. The first kappa shape index (κ1) is 25.2. The number of carboxylic acid groups (broad SMARTS) is 2. The molecule has 0 heterocycles. The van der Waals surface area contributed by atoms with Crippen molar-refractivity contribution in [3.8, 4) is 0 Å². The van der Waals surface area contributed by atoms with Crippen molar-refractivity contribution in [2.24, 2.45) is 5.73 Å². The highest BCUT2D eigenvalue weighted by atomic mass is 16.4. The van der Waals surface area contributed by atoms with E-state index in [1.54, 1.807) is 0 Å². The molecular weight excluding hydrogens is 380 g/mol. The maximum atomic E-state index is 12.4.